The standard InChI is InChI=1S/C8H14N2S2/c1-7-6-12-8(10-7)11-5-3-4-9-2/h6,9H,3-5H2,1-2H3. The van der Waals surface area contributed by atoms with Gasteiger partial charge in [-0.3, -0.25) is 0 Å². The maximum atomic E-state index is 4.37. The minimum Gasteiger partial charge on any atom is -0.320 e. The Bertz CT molecular complexity index is 223. The van der Waals surface area contributed by atoms with E-state index in [4.69, 9.17) is 0 Å². The van der Waals surface area contributed by atoms with Crippen LogP contribution in [0.1, 0.15) is 12.1 Å². The summed E-state index contributed by atoms with van der Waals surface area (Å²) < 4.78 is 1.20. The van der Waals surface area contributed by atoms with Gasteiger partial charge in [-0.25, -0.2) is 4.98 Å². The van der Waals surface area contributed by atoms with Gasteiger partial charge in [-0.1, -0.05) is 11.8 Å². The van der Waals surface area contributed by atoms with Gasteiger partial charge < -0.3 is 5.32 Å². The molecule has 0 bridgehead atoms. The van der Waals surface area contributed by atoms with Crippen LogP contribution in [0.25, 0.3) is 0 Å². The molecule has 0 aromatic carbocycles. The SMILES string of the molecule is CNCCCSc1nc(C)cs1. The first kappa shape index (κ1) is 10.0. The van der Waals surface area contributed by atoms with Crippen molar-refractivity contribution in [2.75, 3.05) is 19.3 Å². The predicted octanol–water partition coefficient (Wildman–Crippen LogP) is 2.15. The Morgan fingerprint density at radius 1 is 1.67 bits per heavy atom. The van der Waals surface area contributed by atoms with Crippen molar-refractivity contribution < 1.29 is 0 Å². The minimum absolute atomic E-state index is 1.09. The van der Waals surface area contributed by atoms with Gasteiger partial charge in [0.25, 0.3) is 0 Å². The van der Waals surface area contributed by atoms with Crippen molar-refractivity contribution >= 4 is 23.1 Å². The van der Waals surface area contributed by atoms with Crippen LogP contribution in [-0.4, -0.2) is 24.3 Å². The van der Waals surface area contributed by atoms with E-state index in [2.05, 4.69) is 15.7 Å². The summed E-state index contributed by atoms with van der Waals surface area (Å²) in [7, 11) is 1.98. The van der Waals surface area contributed by atoms with Crippen LogP contribution in [0.15, 0.2) is 9.72 Å². The van der Waals surface area contributed by atoms with Crippen LogP contribution in [0.4, 0.5) is 0 Å². The topological polar surface area (TPSA) is 24.9 Å². The number of thioether (sulfide) groups is 1. The Hall–Kier alpha value is -0.0600. The first-order valence-electron chi connectivity index (χ1n) is 4.02. The molecule has 0 aliphatic heterocycles. The largest absolute Gasteiger partial charge is 0.320 e. The molecule has 68 valence electrons. The molecule has 2 nitrogen and oxygen atoms in total. The number of aromatic nitrogens is 1. The van der Waals surface area contributed by atoms with E-state index in [0.29, 0.717) is 0 Å². The molecule has 1 aromatic heterocycles. The number of rotatable bonds is 5. The summed E-state index contributed by atoms with van der Waals surface area (Å²) in [5.41, 5.74) is 1.14. The van der Waals surface area contributed by atoms with E-state index in [1.54, 1.807) is 11.3 Å². The van der Waals surface area contributed by atoms with Gasteiger partial charge in [-0.05, 0) is 26.9 Å². The Morgan fingerprint density at radius 2 is 2.50 bits per heavy atom. The van der Waals surface area contributed by atoms with Gasteiger partial charge >= 0.3 is 0 Å². The summed E-state index contributed by atoms with van der Waals surface area (Å²) >= 11 is 3.59. The van der Waals surface area contributed by atoms with Crippen molar-refractivity contribution in [3.63, 3.8) is 0 Å². The molecule has 0 aliphatic rings. The van der Waals surface area contributed by atoms with Crippen LogP contribution >= 0.6 is 23.1 Å². The fraction of sp³-hybridized carbons (Fsp3) is 0.625. The summed E-state index contributed by atoms with van der Waals surface area (Å²) in [6.07, 6.45) is 1.21. The number of hydrogen-bond donors (Lipinski definition) is 1. The van der Waals surface area contributed by atoms with Crippen molar-refractivity contribution in [3.8, 4) is 0 Å². The second-order valence-corrected chi connectivity index (χ2v) is 4.76. The first-order valence-corrected chi connectivity index (χ1v) is 5.89. The molecule has 1 N–H and O–H groups in total. The average Bonchev–Trinajstić information content (AvgIpc) is 2.45. The number of thiazole rings is 1. The first-order chi connectivity index (χ1) is 5.83. The molecule has 0 saturated heterocycles. The molecule has 0 unspecified atom stereocenters. The summed E-state index contributed by atoms with van der Waals surface area (Å²) in [6.45, 7) is 3.13. The lowest BCUT2D eigenvalue weighted by Gasteiger charge is -1.96. The van der Waals surface area contributed by atoms with Crippen molar-refractivity contribution in [2.24, 2.45) is 0 Å². The van der Waals surface area contributed by atoms with Crippen molar-refractivity contribution in [1.29, 1.82) is 0 Å². The highest BCUT2D eigenvalue weighted by Gasteiger charge is 1.97. The molecule has 4 heteroatoms. The van der Waals surface area contributed by atoms with E-state index in [1.807, 2.05) is 25.7 Å². The third kappa shape index (κ3) is 3.56. The maximum absolute atomic E-state index is 4.37. The van der Waals surface area contributed by atoms with Gasteiger partial charge in [-0.15, -0.1) is 11.3 Å². The van der Waals surface area contributed by atoms with Gasteiger partial charge in [0.2, 0.25) is 0 Å². The van der Waals surface area contributed by atoms with Crippen LogP contribution in [0.5, 0.6) is 0 Å². The summed E-state index contributed by atoms with van der Waals surface area (Å²) in [5.74, 6) is 1.16. The number of nitrogens with zero attached hydrogens (tertiary/aromatic N) is 1. The van der Waals surface area contributed by atoms with Crippen LogP contribution in [0.2, 0.25) is 0 Å². The molecule has 0 aliphatic carbocycles. The molecule has 1 rings (SSSR count). The molecule has 1 heterocycles. The van der Waals surface area contributed by atoms with Gasteiger partial charge in [0.15, 0.2) is 0 Å². The number of hydrogen-bond acceptors (Lipinski definition) is 4. The van der Waals surface area contributed by atoms with Gasteiger partial charge in [0, 0.05) is 16.8 Å². The van der Waals surface area contributed by atoms with E-state index >= 15 is 0 Å². The molecule has 0 atom stereocenters. The van der Waals surface area contributed by atoms with E-state index < -0.39 is 0 Å². The van der Waals surface area contributed by atoms with E-state index in [9.17, 15) is 0 Å². The maximum Gasteiger partial charge on any atom is 0.150 e. The molecule has 12 heavy (non-hydrogen) atoms. The quantitative estimate of drug-likeness (QED) is 0.585. The molecule has 0 saturated carbocycles. The Kier molecular flexibility index (Phi) is 4.65. The zero-order valence-corrected chi connectivity index (χ0v) is 9.10. The van der Waals surface area contributed by atoms with Gasteiger partial charge in [-0.2, -0.15) is 0 Å². The zero-order valence-electron chi connectivity index (χ0n) is 7.46. The van der Waals surface area contributed by atoms with E-state index in [0.717, 1.165) is 18.0 Å². The number of nitrogens with one attached hydrogen (secondary N) is 1. The average molecular weight is 202 g/mol. The number of aryl methyl sites for hydroxylation is 1. The molecule has 0 spiro atoms. The Morgan fingerprint density at radius 3 is 3.08 bits per heavy atom. The summed E-state index contributed by atoms with van der Waals surface area (Å²) in [4.78, 5) is 4.37. The van der Waals surface area contributed by atoms with Gasteiger partial charge in [0.1, 0.15) is 4.34 Å². The van der Waals surface area contributed by atoms with E-state index in [-0.39, 0.29) is 0 Å². The van der Waals surface area contributed by atoms with Crippen LogP contribution in [-0.2, 0) is 0 Å². The van der Waals surface area contributed by atoms with Crippen molar-refractivity contribution in [3.05, 3.63) is 11.1 Å². The molecule has 0 radical (unpaired) electrons. The molecule has 0 fully saturated rings. The summed E-state index contributed by atoms with van der Waals surface area (Å²) in [6, 6.07) is 0. The fourth-order valence-electron chi connectivity index (χ4n) is 0.807. The highest BCUT2D eigenvalue weighted by Crippen LogP contribution is 2.22. The second-order valence-electron chi connectivity index (χ2n) is 2.56. The highest BCUT2D eigenvalue weighted by molar-refractivity contribution is 8.00. The smallest absolute Gasteiger partial charge is 0.150 e. The zero-order chi connectivity index (χ0) is 8.81. The summed E-state index contributed by atoms with van der Waals surface area (Å²) in [5, 5.41) is 5.23. The van der Waals surface area contributed by atoms with E-state index in [1.165, 1.54) is 10.8 Å². The highest BCUT2D eigenvalue weighted by atomic mass is 32.2. The molecular weight excluding hydrogens is 188 g/mol. The third-order valence-electron chi connectivity index (χ3n) is 1.39. The minimum atomic E-state index is 1.09. The molecule has 1 aromatic rings. The van der Waals surface area contributed by atoms with Crippen LogP contribution in [0.3, 0.4) is 0 Å². The third-order valence-corrected chi connectivity index (χ3v) is 3.62. The van der Waals surface area contributed by atoms with Crippen LogP contribution < -0.4 is 5.32 Å². The second kappa shape index (κ2) is 5.56. The Balaban J connectivity index is 2.15. The predicted molar refractivity (Wildman–Crippen MR) is 56.1 cm³/mol. The lowest BCUT2D eigenvalue weighted by atomic mass is 10.5. The lowest BCUT2D eigenvalue weighted by molar-refractivity contribution is 0.778. The molecular formula is C8H14N2S2. The Labute approximate surface area is 81.8 Å². The van der Waals surface area contributed by atoms with Crippen LogP contribution in [0, 0.1) is 6.92 Å². The van der Waals surface area contributed by atoms with Gasteiger partial charge in [0.05, 0.1) is 0 Å². The van der Waals surface area contributed by atoms with Crippen molar-refractivity contribution in [2.45, 2.75) is 17.7 Å². The fourth-order valence-corrected chi connectivity index (χ4v) is 2.67. The molecule has 0 amide bonds. The lowest BCUT2D eigenvalue weighted by Crippen LogP contribution is -2.07. The monoisotopic (exact) mass is 202 g/mol. The normalized spacial score (nSPS) is 10.5. The van der Waals surface area contributed by atoms with Crippen molar-refractivity contribution in [1.82, 2.24) is 10.3 Å².